The zero-order valence-electron chi connectivity index (χ0n) is 13.6. The minimum atomic E-state index is -0.979. The molecule has 1 fully saturated rings. The number of hydrogen-bond donors (Lipinski definition) is 0. The van der Waals surface area contributed by atoms with Gasteiger partial charge in [0.15, 0.2) is 0 Å². The van der Waals surface area contributed by atoms with Crippen molar-refractivity contribution in [3.8, 4) is 0 Å². The lowest BCUT2D eigenvalue weighted by molar-refractivity contribution is -0.149. The Morgan fingerprint density at radius 1 is 1.26 bits per heavy atom. The average molecular weight is 315 g/mol. The summed E-state index contributed by atoms with van der Waals surface area (Å²) in [5, 5.41) is 0. The fraction of sp³-hybridized carbons (Fsp3) is 0.412. The fourth-order valence-electron chi connectivity index (χ4n) is 2.45. The van der Waals surface area contributed by atoms with Gasteiger partial charge in [0.05, 0.1) is 6.54 Å². The molecule has 0 spiro atoms. The van der Waals surface area contributed by atoms with Crippen LogP contribution >= 0.6 is 0 Å². The van der Waals surface area contributed by atoms with Crippen LogP contribution in [0.5, 0.6) is 0 Å². The first-order valence-electron chi connectivity index (χ1n) is 7.93. The van der Waals surface area contributed by atoms with Gasteiger partial charge in [0.25, 0.3) is 0 Å². The van der Waals surface area contributed by atoms with Gasteiger partial charge >= 0.3 is 19.1 Å². The Morgan fingerprint density at radius 2 is 2.00 bits per heavy atom. The van der Waals surface area contributed by atoms with Crippen molar-refractivity contribution in [1.29, 1.82) is 0 Å². The minimum absolute atomic E-state index is 0.0825. The molecule has 23 heavy (non-hydrogen) atoms. The molecule has 0 bridgehead atoms. The van der Waals surface area contributed by atoms with E-state index in [2.05, 4.69) is 6.92 Å². The predicted octanol–water partition coefficient (Wildman–Crippen LogP) is 2.32. The maximum Gasteiger partial charge on any atom is 0.628 e. The number of likely N-dealkylation sites (N-methyl/N-ethyl adjacent to an activating group) is 1. The van der Waals surface area contributed by atoms with Crippen LogP contribution in [0.3, 0.4) is 0 Å². The number of carbonyl (C=O) groups excluding carboxylic acids is 2. The van der Waals surface area contributed by atoms with Crippen molar-refractivity contribution < 1.29 is 18.9 Å². The molecule has 2 rings (SSSR count). The van der Waals surface area contributed by atoms with Crippen molar-refractivity contribution in [2.24, 2.45) is 0 Å². The van der Waals surface area contributed by atoms with E-state index in [0.717, 1.165) is 18.4 Å². The lowest BCUT2D eigenvalue weighted by Gasteiger charge is -2.29. The van der Waals surface area contributed by atoms with Crippen molar-refractivity contribution in [1.82, 2.24) is 4.90 Å². The molecule has 0 radical (unpaired) electrons. The van der Waals surface area contributed by atoms with Gasteiger partial charge in [-0.15, -0.1) is 0 Å². The summed E-state index contributed by atoms with van der Waals surface area (Å²) >= 11 is 0. The monoisotopic (exact) mass is 315 g/mol. The summed E-state index contributed by atoms with van der Waals surface area (Å²) in [7, 11) is 0.760. The van der Waals surface area contributed by atoms with Crippen LogP contribution < -0.4 is 0 Å². The van der Waals surface area contributed by atoms with Crippen molar-refractivity contribution in [3.05, 3.63) is 41.9 Å². The van der Waals surface area contributed by atoms with Crippen LogP contribution in [0, 0.1) is 0 Å². The molecule has 6 heteroatoms. The van der Waals surface area contributed by atoms with Crippen LogP contribution in [0.25, 0.3) is 6.08 Å². The molecule has 1 aliphatic heterocycles. The van der Waals surface area contributed by atoms with E-state index in [0.29, 0.717) is 6.42 Å². The molecule has 0 amide bonds. The van der Waals surface area contributed by atoms with Gasteiger partial charge in [-0.25, -0.2) is 0 Å². The van der Waals surface area contributed by atoms with Crippen LogP contribution in [0.2, 0.25) is 0 Å². The third-order valence-electron chi connectivity index (χ3n) is 3.74. The molecular weight excluding hydrogens is 293 g/mol. The Kier molecular flexibility index (Phi) is 6.41. The Labute approximate surface area is 137 Å². The molecule has 0 unspecified atom stereocenters. The summed E-state index contributed by atoms with van der Waals surface area (Å²) < 4.78 is 10.5. The zero-order valence-corrected chi connectivity index (χ0v) is 13.6. The number of hydrogen-bond acceptors (Lipinski definition) is 5. The molecule has 5 nitrogen and oxygen atoms in total. The molecule has 1 aromatic carbocycles. The molecule has 1 aromatic rings. The Hall–Kier alpha value is -2.08. The molecule has 0 aromatic heterocycles. The maximum absolute atomic E-state index is 12.3. The Morgan fingerprint density at radius 3 is 2.70 bits per heavy atom. The molecule has 0 saturated carbocycles. The number of rotatable bonds is 5. The summed E-state index contributed by atoms with van der Waals surface area (Å²) in [6.45, 7) is 2.15. The number of unbranched alkanes of at least 4 members (excludes halogenated alkanes) is 1. The lowest BCUT2D eigenvalue weighted by Crippen LogP contribution is -2.48. The highest BCUT2D eigenvalue weighted by atomic mass is 16.6. The smallest absolute Gasteiger partial charge is 0.495 e. The van der Waals surface area contributed by atoms with Gasteiger partial charge in [0.2, 0.25) is 0 Å². The van der Waals surface area contributed by atoms with E-state index in [1.54, 1.807) is 24.0 Å². The lowest BCUT2D eigenvalue weighted by atomic mass is 9.87. The van der Waals surface area contributed by atoms with Crippen molar-refractivity contribution in [3.63, 3.8) is 0 Å². The first kappa shape index (κ1) is 17.3. The van der Waals surface area contributed by atoms with E-state index in [9.17, 15) is 9.59 Å². The molecule has 1 saturated heterocycles. The molecule has 0 N–H and O–H groups in total. The van der Waals surface area contributed by atoms with Crippen LogP contribution in [0.4, 0.5) is 0 Å². The van der Waals surface area contributed by atoms with E-state index in [1.165, 1.54) is 0 Å². The molecule has 1 aliphatic rings. The summed E-state index contributed by atoms with van der Waals surface area (Å²) in [4.78, 5) is 25.9. The zero-order chi connectivity index (χ0) is 16.7. The van der Waals surface area contributed by atoms with Gasteiger partial charge < -0.3 is 9.31 Å². The van der Waals surface area contributed by atoms with Gasteiger partial charge in [-0.05, 0) is 25.0 Å². The standard InChI is InChI=1S/C17H22BNO4/c1-3-4-10-15-17(21)23-18(22-16(20)13-19(15)2)12-11-14-8-6-5-7-9-14/h5-9,11-12,15H,3-4,10,13H2,1-2H3/b12-11+/t15-/m0/s1. The van der Waals surface area contributed by atoms with E-state index in [-0.39, 0.29) is 12.5 Å². The minimum Gasteiger partial charge on any atom is -0.495 e. The quantitative estimate of drug-likeness (QED) is 0.781. The SMILES string of the molecule is CCCC[C@H]1C(=O)OB(/C=C/c2ccccc2)OC(=O)CN1C. The second-order valence-corrected chi connectivity index (χ2v) is 5.64. The largest absolute Gasteiger partial charge is 0.628 e. The number of carbonyl (C=O) groups is 2. The van der Waals surface area contributed by atoms with Crippen LogP contribution in [0.1, 0.15) is 31.7 Å². The first-order chi connectivity index (χ1) is 11.1. The summed E-state index contributed by atoms with van der Waals surface area (Å²) in [5.74, 6) is 0.841. The van der Waals surface area contributed by atoms with E-state index < -0.39 is 19.1 Å². The Balaban J connectivity index is 2.08. The normalized spacial score (nSPS) is 20.1. The summed E-state index contributed by atoms with van der Waals surface area (Å²) in [6, 6.07) is 9.16. The molecule has 122 valence electrons. The highest BCUT2D eigenvalue weighted by molar-refractivity contribution is 6.55. The highest BCUT2D eigenvalue weighted by Crippen LogP contribution is 2.14. The molecule has 1 atom stereocenters. The first-order valence-corrected chi connectivity index (χ1v) is 7.93. The molecular formula is C17H22BNO4. The third-order valence-corrected chi connectivity index (χ3v) is 3.74. The number of benzene rings is 1. The second-order valence-electron chi connectivity index (χ2n) is 5.64. The molecule has 0 aliphatic carbocycles. The Bertz CT molecular complexity index is 561. The van der Waals surface area contributed by atoms with E-state index in [1.807, 2.05) is 30.3 Å². The highest BCUT2D eigenvalue weighted by Gasteiger charge is 2.35. The average Bonchev–Trinajstić information content (AvgIpc) is 2.53. The van der Waals surface area contributed by atoms with Gasteiger partial charge in [-0.3, -0.25) is 14.5 Å². The van der Waals surface area contributed by atoms with Gasteiger partial charge in [0, 0.05) is 0 Å². The molecule has 1 heterocycles. The van der Waals surface area contributed by atoms with Crippen molar-refractivity contribution in [2.75, 3.05) is 13.6 Å². The van der Waals surface area contributed by atoms with Crippen molar-refractivity contribution >= 4 is 25.1 Å². The second kappa shape index (κ2) is 8.53. The number of nitrogens with zero attached hydrogens (tertiary/aromatic N) is 1. The maximum atomic E-state index is 12.3. The van der Waals surface area contributed by atoms with Crippen LogP contribution in [-0.4, -0.2) is 43.6 Å². The van der Waals surface area contributed by atoms with Gasteiger partial charge in [-0.1, -0.05) is 56.2 Å². The fourth-order valence-corrected chi connectivity index (χ4v) is 2.45. The topological polar surface area (TPSA) is 55.8 Å². The van der Waals surface area contributed by atoms with Crippen LogP contribution in [0.15, 0.2) is 36.3 Å². The van der Waals surface area contributed by atoms with Gasteiger partial charge in [-0.2, -0.15) is 0 Å². The summed E-state index contributed by atoms with van der Waals surface area (Å²) in [6.07, 6.45) is 4.34. The summed E-state index contributed by atoms with van der Waals surface area (Å²) in [5.41, 5.74) is 0.946. The third kappa shape index (κ3) is 5.25. The predicted molar refractivity (Wildman–Crippen MR) is 89.4 cm³/mol. The van der Waals surface area contributed by atoms with E-state index in [4.69, 9.17) is 9.31 Å². The van der Waals surface area contributed by atoms with Crippen LogP contribution in [-0.2, 0) is 18.9 Å². The van der Waals surface area contributed by atoms with E-state index >= 15 is 0 Å². The van der Waals surface area contributed by atoms with Crippen molar-refractivity contribution in [2.45, 2.75) is 32.2 Å². The van der Waals surface area contributed by atoms with Gasteiger partial charge in [0.1, 0.15) is 6.04 Å².